The van der Waals surface area contributed by atoms with E-state index >= 15 is 0 Å². The van der Waals surface area contributed by atoms with E-state index in [2.05, 4.69) is 18.7 Å². The van der Waals surface area contributed by atoms with Gasteiger partial charge in [-0.3, -0.25) is 0 Å². The van der Waals surface area contributed by atoms with Crippen molar-refractivity contribution in [2.24, 2.45) is 5.73 Å². The molecule has 0 spiro atoms. The minimum atomic E-state index is 0.300. The molecule has 0 bridgehead atoms. The lowest BCUT2D eigenvalue weighted by molar-refractivity contribution is 0.308. The number of phenolic OH excluding ortho intramolecular Hbond substituents is 1. The standard InChI is InChI=1S/C13H22N2O/c1-3-15(4-2)8-7-11-5-6-13(16)12(9-11)10-14/h5-6,9,16H,3-4,7-8,10,14H2,1-2H3. The Hall–Kier alpha value is -1.06. The average Bonchev–Trinajstić information content (AvgIpc) is 2.32. The largest absolute Gasteiger partial charge is 0.508 e. The Labute approximate surface area is 97.9 Å². The van der Waals surface area contributed by atoms with Crippen LogP contribution in [-0.2, 0) is 13.0 Å². The maximum atomic E-state index is 9.51. The summed E-state index contributed by atoms with van der Waals surface area (Å²) in [4.78, 5) is 2.38. The number of hydrogen-bond donors (Lipinski definition) is 2. The van der Waals surface area contributed by atoms with Crippen LogP contribution in [0.4, 0.5) is 0 Å². The summed E-state index contributed by atoms with van der Waals surface area (Å²) in [6.45, 7) is 7.96. The predicted octanol–water partition coefficient (Wildman–Crippen LogP) is 1.74. The maximum Gasteiger partial charge on any atom is 0.120 e. The molecule has 1 rings (SSSR count). The van der Waals surface area contributed by atoms with Crippen molar-refractivity contribution in [1.82, 2.24) is 4.90 Å². The number of rotatable bonds is 6. The van der Waals surface area contributed by atoms with Crippen molar-refractivity contribution in [1.29, 1.82) is 0 Å². The van der Waals surface area contributed by atoms with E-state index in [4.69, 9.17) is 5.73 Å². The molecule has 0 amide bonds. The van der Waals surface area contributed by atoms with Gasteiger partial charge in [-0.1, -0.05) is 26.0 Å². The summed E-state index contributed by atoms with van der Waals surface area (Å²) in [7, 11) is 0. The quantitative estimate of drug-likeness (QED) is 0.770. The minimum absolute atomic E-state index is 0.300. The second kappa shape index (κ2) is 6.51. The molecule has 0 aromatic heterocycles. The van der Waals surface area contributed by atoms with Crippen LogP contribution in [0.2, 0.25) is 0 Å². The van der Waals surface area contributed by atoms with Gasteiger partial charge in [0.25, 0.3) is 0 Å². The zero-order valence-corrected chi connectivity index (χ0v) is 10.2. The molecule has 90 valence electrons. The minimum Gasteiger partial charge on any atom is -0.508 e. The number of likely N-dealkylation sites (N-methyl/N-ethyl adjacent to an activating group) is 1. The molecular formula is C13H22N2O. The smallest absolute Gasteiger partial charge is 0.120 e. The number of aromatic hydroxyl groups is 1. The molecule has 0 aliphatic carbocycles. The number of nitrogens with two attached hydrogens (primary N) is 1. The third-order valence-corrected chi connectivity index (χ3v) is 2.97. The monoisotopic (exact) mass is 222 g/mol. The highest BCUT2D eigenvalue weighted by Gasteiger charge is 2.03. The first-order valence-electron chi connectivity index (χ1n) is 5.94. The van der Waals surface area contributed by atoms with Gasteiger partial charge in [-0.15, -0.1) is 0 Å². The molecule has 3 nitrogen and oxygen atoms in total. The lowest BCUT2D eigenvalue weighted by Crippen LogP contribution is -2.25. The molecule has 0 atom stereocenters. The molecule has 0 fully saturated rings. The summed E-state index contributed by atoms with van der Waals surface area (Å²) in [6.07, 6.45) is 1.01. The number of hydrogen-bond acceptors (Lipinski definition) is 3. The molecule has 0 aliphatic rings. The number of phenols is 1. The van der Waals surface area contributed by atoms with Gasteiger partial charge in [-0.05, 0) is 31.1 Å². The molecule has 1 aromatic rings. The summed E-state index contributed by atoms with van der Waals surface area (Å²) in [5, 5.41) is 9.51. The lowest BCUT2D eigenvalue weighted by atomic mass is 10.1. The fourth-order valence-electron chi connectivity index (χ4n) is 1.78. The Balaban J connectivity index is 2.60. The second-order valence-corrected chi connectivity index (χ2v) is 3.94. The first-order valence-corrected chi connectivity index (χ1v) is 5.94. The van der Waals surface area contributed by atoms with E-state index in [0.717, 1.165) is 31.6 Å². The zero-order valence-electron chi connectivity index (χ0n) is 10.2. The zero-order chi connectivity index (χ0) is 12.0. The third kappa shape index (κ3) is 3.51. The van der Waals surface area contributed by atoms with E-state index in [1.54, 1.807) is 6.07 Å². The van der Waals surface area contributed by atoms with Crippen molar-refractivity contribution >= 4 is 0 Å². The van der Waals surface area contributed by atoms with Gasteiger partial charge in [-0.2, -0.15) is 0 Å². The molecule has 3 heteroatoms. The molecule has 0 heterocycles. The fraction of sp³-hybridized carbons (Fsp3) is 0.538. The van der Waals surface area contributed by atoms with Crippen LogP contribution in [0.3, 0.4) is 0 Å². The Morgan fingerprint density at radius 3 is 2.50 bits per heavy atom. The Morgan fingerprint density at radius 2 is 1.94 bits per heavy atom. The van der Waals surface area contributed by atoms with Gasteiger partial charge < -0.3 is 15.7 Å². The summed E-state index contributed by atoms with van der Waals surface area (Å²) in [5.41, 5.74) is 7.63. The average molecular weight is 222 g/mol. The first kappa shape index (κ1) is 13.0. The molecule has 16 heavy (non-hydrogen) atoms. The van der Waals surface area contributed by atoms with Crippen LogP contribution in [0.5, 0.6) is 5.75 Å². The highest BCUT2D eigenvalue weighted by atomic mass is 16.3. The predicted molar refractivity (Wildman–Crippen MR) is 67.5 cm³/mol. The SMILES string of the molecule is CCN(CC)CCc1ccc(O)c(CN)c1. The van der Waals surface area contributed by atoms with Crippen molar-refractivity contribution in [3.63, 3.8) is 0 Å². The molecule has 3 N–H and O–H groups in total. The van der Waals surface area contributed by atoms with Crippen molar-refractivity contribution in [2.75, 3.05) is 19.6 Å². The van der Waals surface area contributed by atoms with Gasteiger partial charge in [-0.25, -0.2) is 0 Å². The molecule has 0 saturated carbocycles. The van der Waals surface area contributed by atoms with Gasteiger partial charge in [0.2, 0.25) is 0 Å². The van der Waals surface area contributed by atoms with Gasteiger partial charge in [0.1, 0.15) is 5.75 Å². The topological polar surface area (TPSA) is 49.5 Å². The van der Waals surface area contributed by atoms with Gasteiger partial charge >= 0.3 is 0 Å². The first-order chi connectivity index (χ1) is 7.71. The molecule has 0 saturated heterocycles. The summed E-state index contributed by atoms with van der Waals surface area (Å²) < 4.78 is 0. The van der Waals surface area contributed by atoms with Crippen LogP contribution in [0.25, 0.3) is 0 Å². The normalized spacial score (nSPS) is 11.0. The Bertz CT molecular complexity index is 322. The van der Waals surface area contributed by atoms with Crippen LogP contribution < -0.4 is 5.73 Å². The summed E-state index contributed by atoms with van der Waals surface area (Å²) in [6, 6.07) is 5.70. The molecule has 1 aromatic carbocycles. The molecule has 0 aliphatic heterocycles. The van der Waals surface area contributed by atoms with Crippen LogP contribution >= 0.6 is 0 Å². The van der Waals surface area contributed by atoms with E-state index in [1.165, 1.54) is 5.56 Å². The van der Waals surface area contributed by atoms with Crippen molar-refractivity contribution in [2.45, 2.75) is 26.8 Å². The van der Waals surface area contributed by atoms with Crippen molar-refractivity contribution < 1.29 is 5.11 Å². The molecule has 0 unspecified atom stereocenters. The van der Waals surface area contributed by atoms with Crippen molar-refractivity contribution in [3.8, 4) is 5.75 Å². The van der Waals surface area contributed by atoms with Crippen LogP contribution in [0.15, 0.2) is 18.2 Å². The van der Waals surface area contributed by atoms with E-state index < -0.39 is 0 Å². The fourth-order valence-corrected chi connectivity index (χ4v) is 1.78. The van der Waals surface area contributed by atoms with Crippen molar-refractivity contribution in [3.05, 3.63) is 29.3 Å². The van der Waals surface area contributed by atoms with Gasteiger partial charge in [0.05, 0.1) is 0 Å². The number of nitrogens with zero attached hydrogens (tertiary/aromatic N) is 1. The van der Waals surface area contributed by atoms with Gasteiger partial charge in [0, 0.05) is 18.7 Å². The number of benzene rings is 1. The highest BCUT2D eigenvalue weighted by molar-refractivity contribution is 5.36. The maximum absolute atomic E-state index is 9.51. The van der Waals surface area contributed by atoms with Crippen LogP contribution in [0.1, 0.15) is 25.0 Å². The van der Waals surface area contributed by atoms with Crippen LogP contribution in [0, 0.1) is 0 Å². The lowest BCUT2D eigenvalue weighted by Gasteiger charge is -2.18. The van der Waals surface area contributed by atoms with E-state index in [1.807, 2.05) is 12.1 Å². The summed E-state index contributed by atoms with van der Waals surface area (Å²) >= 11 is 0. The molecular weight excluding hydrogens is 200 g/mol. The Kier molecular flexibility index (Phi) is 5.29. The highest BCUT2D eigenvalue weighted by Crippen LogP contribution is 2.18. The van der Waals surface area contributed by atoms with E-state index in [-0.39, 0.29) is 0 Å². The van der Waals surface area contributed by atoms with E-state index in [0.29, 0.717) is 12.3 Å². The molecule has 0 radical (unpaired) electrons. The summed E-state index contributed by atoms with van der Waals surface area (Å²) in [5.74, 6) is 0.300. The van der Waals surface area contributed by atoms with E-state index in [9.17, 15) is 5.11 Å². The van der Waals surface area contributed by atoms with Crippen LogP contribution in [-0.4, -0.2) is 29.6 Å². The third-order valence-electron chi connectivity index (χ3n) is 2.97. The second-order valence-electron chi connectivity index (χ2n) is 3.94. The van der Waals surface area contributed by atoms with Gasteiger partial charge in [0.15, 0.2) is 0 Å². The Morgan fingerprint density at radius 1 is 1.25 bits per heavy atom.